The molecule has 2 saturated heterocycles. The number of nitrogens with zero attached hydrogens (tertiary/aromatic N) is 1. The Morgan fingerprint density at radius 1 is 1.16 bits per heavy atom. The number of aryl methyl sites for hydroxylation is 1. The third-order valence-corrected chi connectivity index (χ3v) is 7.74. The van der Waals surface area contributed by atoms with Gasteiger partial charge in [-0.3, -0.25) is 4.79 Å². The van der Waals surface area contributed by atoms with Crippen molar-refractivity contribution in [1.82, 2.24) is 4.90 Å². The SMILES string of the molecule is CC(C)OC(=O)c1ccc(CCCN2C(=O)CC[C@@H]2CC[C@H]2OC(=O)O[C@@H]2c2cccc(C(F)(F)F)c2)s1. The number of esters is 1. The van der Waals surface area contributed by atoms with Gasteiger partial charge in [-0.15, -0.1) is 11.3 Å². The van der Waals surface area contributed by atoms with E-state index >= 15 is 0 Å². The van der Waals surface area contributed by atoms with Crippen LogP contribution in [-0.2, 0) is 31.6 Å². The standard InChI is InChI=1S/C27H30F3NO6S/c1-16(2)35-25(33)22-12-10-20(38-22)7-4-14-31-19(9-13-23(31)32)8-11-21-24(37-26(34)36-21)17-5-3-6-18(15-17)27(28,29)30/h3,5-6,10,12,15-16,19,21,24H,4,7-9,11,13-14H2,1-2H3/t19-,21+,24+/m0/s1. The predicted octanol–water partition coefficient (Wildman–Crippen LogP) is 6.31. The molecule has 1 aromatic heterocycles. The van der Waals surface area contributed by atoms with Crippen LogP contribution in [0, 0.1) is 0 Å². The molecule has 0 radical (unpaired) electrons. The zero-order chi connectivity index (χ0) is 27.4. The van der Waals surface area contributed by atoms with E-state index in [1.54, 1.807) is 19.9 Å². The number of thiophene rings is 1. The molecule has 3 atom stereocenters. The highest BCUT2D eigenvalue weighted by Crippen LogP contribution is 2.37. The van der Waals surface area contributed by atoms with Gasteiger partial charge >= 0.3 is 18.3 Å². The lowest BCUT2D eigenvalue weighted by Gasteiger charge is -2.26. The Morgan fingerprint density at radius 3 is 2.68 bits per heavy atom. The lowest BCUT2D eigenvalue weighted by molar-refractivity contribution is -0.137. The molecule has 38 heavy (non-hydrogen) atoms. The summed E-state index contributed by atoms with van der Waals surface area (Å²) in [5, 5.41) is 0. The highest BCUT2D eigenvalue weighted by Gasteiger charge is 2.40. The number of cyclic esters (lactones) is 2. The quantitative estimate of drug-likeness (QED) is 0.321. The maximum Gasteiger partial charge on any atom is 0.509 e. The van der Waals surface area contributed by atoms with Crippen molar-refractivity contribution in [1.29, 1.82) is 0 Å². The van der Waals surface area contributed by atoms with E-state index in [2.05, 4.69) is 0 Å². The van der Waals surface area contributed by atoms with Gasteiger partial charge < -0.3 is 19.1 Å². The average Bonchev–Trinajstić information content (AvgIpc) is 3.56. The monoisotopic (exact) mass is 553 g/mol. The zero-order valence-corrected chi connectivity index (χ0v) is 22.0. The fourth-order valence-electron chi connectivity index (χ4n) is 4.85. The lowest BCUT2D eigenvalue weighted by Crippen LogP contribution is -2.35. The number of hydrogen-bond donors (Lipinski definition) is 0. The highest BCUT2D eigenvalue weighted by molar-refractivity contribution is 7.13. The molecule has 0 aliphatic carbocycles. The minimum atomic E-state index is -4.51. The molecule has 0 saturated carbocycles. The summed E-state index contributed by atoms with van der Waals surface area (Å²) in [6.07, 6.45) is -3.88. The van der Waals surface area contributed by atoms with Crippen LogP contribution in [0.15, 0.2) is 36.4 Å². The highest BCUT2D eigenvalue weighted by atomic mass is 32.1. The van der Waals surface area contributed by atoms with Gasteiger partial charge in [0.1, 0.15) is 11.0 Å². The fourth-order valence-corrected chi connectivity index (χ4v) is 5.79. The largest absolute Gasteiger partial charge is 0.509 e. The molecule has 2 aromatic rings. The summed E-state index contributed by atoms with van der Waals surface area (Å²) in [5.74, 6) is -0.289. The third kappa shape index (κ3) is 6.86. The van der Waals surface area contributed by atoms with E-state index in [4.69, 9.17) is 14.2 Å². The van der Waals surface area contributed by atoms with E-state index in [0.29, 0.717) is 43.5 Å². The van der Waals surface area contributed by atoms with Gasteiger partial charge in [-0.2, -0.15) is 13.2 Å². The number of rotatable bonds is 10. The Labute approximate surface area is 222 Å². The van der Waals surface area contributed by atoms with Crippen molar-refractivity contribution in [2.45, 2.75) is 82.9 Å². The number of alkyl halides is 3. The van der Waals surface area contributed by atoms with Gasteiger partial charge in [0.05, 0.1) is 11.7 Å². The molecule has 4 rings (SSSR count). The smallest absolute Gasteiger partial charge is 0.459 e. The summed E-state index contributed by atoms with van der Waals surface area (Å²) in [7, 11) is 0. The second kappa shape index (κ2) is 11.8. The summed E-state index contributed by atoms with van der Waals surface area (Å²) in [6.45, 7) is 4.14. The minimum absolute atomic E-state index is 0.0520. The zero-order valence-electron chi connectivity index (χ0n) is 21.2. The van der Waals surface area contributed by atoms with Crippen molar-refractivity contribution in [3.05, 3.63) is 57.3 Å². The van der Waals surface area contributed by atoms with Crippen molar-refractivity contribution in [2.24, 2.45) is 0 Å². The topological polar surface area (TPSA) is 82.1 Å². The van der Waals surface area contributed by atoms with Crippen LogP contribution in [0.4, 0.5) is 18.0 Å². The van der Waals surface area contributed by atoms with E-state index in [0.717, 1.165) is 23.4 Å². The van der Waals surface area contributed by atoms with Gasteiger partial charge in [0, 0.05) is 23.9 Å². The third-order valence-electron chi connectivity index (χ3n) is 6.62. The molecule has 2 aliphatic rings. The molecule has 206 valence electrons. The van der Waals surface area contributed by atoms with Gasteiger partial charge in [-0.1, -0.05) is 12.1 Å². The molecule has 7 nitrogen and oxygen atoms in total. The average molecular weight is 554 g/mol. The molecule has 0 bridgehead atoms. The van der Waals surface area contributed by atoms with Crippen molar-refractivity contribution in [3.63, 3.8) is 0 Å². The number of likely N-dealkylation sites (tertiary alicyclic amines) is 1. The van der Waals surface area contributed by atoms with Gasteiger partial charge in [0.2, 0.25) is 5.91 Å². The molecule has 2 aliphatic heterocycles. The Kier molecular flexibility index (Phi) is 8.64. The second-order valence-corrected chi connectivity index (χ2v) is 10.9. The molecule has 3 heterocycles. The maximum absolute atomic E-state index is 13.2. The predicted molar refractivity (Wildman–Crippen MR) is 133 cm³/mol. The summed E-state index contributed by atoms with van der Waals surface area (Å²) in [6, 6.07) is 8.30. The second-order valence-electron chi connectivity index (χ2n) is 9.75. The van der Waals surface area contributed by atoms with E-state index < -0.39 is 30.1 Å². The maximum atomic E-state index is 13.2. The van der Waals surface area contributed by atoms with Crippen molar-refractivity contribution in [3.8, 4) is 0 Å². The van der Waals surface area contributed by atoms with Gasteiger partial charge in [-0.25, -0.2) is 9.59 Å². The summed E-state index contributed by atoms with van der Waals surface area (Å²) >= 11 is 1.38. The number of benzene rings is 1. The first kappa shape index (κ1) is 27.9. The summed E-state index contributed by atoms with van der Waals surface area (Å²) in [5.41, 5.74) is -0.596. The van der Waals surface area contributed by atoms with E-state index in [-0.39, 0.29) is 29.6 Å². The van der Waals surface area contributed by atoms with Crippen molar-refractivity contribution in [2.75, 3.05) is 6.54 Å². The Hall–Kier alpha value is -3.08. The molecule has 2 fully saturated rings. The van der Waals surface area contributed by atoms with E-state index in [1.165, 1.54) is 23.5 Å². The number of halogens is 3. The van der Waals surface area contributed by atoms with Gasteiger partial charge in [0.15, 0.2) is 6.10 Å². The molecule has 11 heteroatoms. The molecule has 0 N–H and O–H groups in total. The van der Waals surface area contributed by atoms with Crippen LogP contribution in [-0.4, -0.2) is 47.7 Å². The first-order chi connectivity index (χ1) is 18.0. The number of hydrogen-bond acceptors (Lipinski definition) is 7. The van der Waals surface area contributed by atoms with Crippen LogP contribution < -0.4 is 0 Å². The number of carbonyl (C=O) groups excluding carboxylic acids is 3. The summed E-state index contributed by atoms with van der Waals surface area (Å²) < 4.78 is 55.2. The first-order valence-electron chi connectivity index (χ1n) is 12.6. The fraction of sp³-hybridized carbons (Fsp3) is 0.519. The lowest BCUT2D eigenvalue weighted by atomic mass is 9.96. The van der Waals surface area contributed by atoms with Crippen LogP contribution in [0.25, 0.3) is 0 Å². The minimum Gasteiger partial charge on any atom is -0.459 e. The van der Waals surface area contributed by atoms with Crippen LogP contribution in [0.2, 0.25) is 0 Å². The summed E-state index contributed by atoms with van der Waals surface area (Å²) in [4.78, 5) is 39.9. The van der Waals surface area contributed by atoms with Crippen LogP contribution in [0.1, 0.15) is 77.7 Å². The number of ether oxygens (including phenoxy) is 3. The van der Waals surface area contributed by atoms with Crippen LogP contribution >= 0.6 is 11.3 Å². The molecular formula is C27H30F3NO6S. The molecule has 1 amide bonds. The first-order valence-corrected chi connectivity index (χ1v) is 13.5. The van der Waals surface area contributed by atoms with Crippen molar-refractivity contribution >= 4 is 29.4 Å². The van der Waals surface area contributed by atoms with Gasteiger partial charge in [-0.05, 0) is 75.8 Å². The molecule has 0 spiro atoms. The molecular weight excluding hydrogens is 523 g/mol. The van der Waals surface area contributed by atoms with Gasteiger partial charge in [0.25, 0.3) is 0 Å². The molecule has 0 unspecified atom stereocenters. The number of amides is 1. The Bertz CT molecular complexity index is 1160. The Morgan fingerprint density at radius 2 is 1.95 bits per heavy atom. The van der Waals surface area contributed by atoms with E-state index in [1.807, 2.05) is 11.0 Å². The Balaban J connectivity index is 1.32. The van der Waals surface area contributed by atoms with Crippen LogP contribution in [0.3, 0.4) is 0 Å². The normalized spacial score (nSPS) is 21.6. The van der Waals surface area contributed by atoms with Crippen LogP contribution in [0.5, 0.6) is 0 Å². The van der Waals surface area contributed by atoms with Crippen molar-refractivity contribution < 1.29 is 41.8 Å². The number of carbonyl (C=O) groups is 3. The molecule has 1 aromatic carbocycles. The van der Waals surface area contributed by atoms with E-state index in [9.17, 15) is 27.6 Å².